The fourth-order valence-electron chi connectivity index (χ4n) is 2.57. The number of hydrogen-bond donors (Lipinski definition) is 1. The molecule has 0 radical (unpaired) electrons. The first-order valence-electron chi connectivity index (χ1n) is 7.29. The predicted molar refractivity (Wildman–Crippen MR) is 90.3 cm³/mol. The fourth-order valence-corrected chi connectivity index (χ4v) is 2.57. The van der Waals surface area contributed by atoms with Crippen LogP contribution in [0.5, 0.6) is 11.5 Å². The van der Waals surface area contributed by atoms with Gasteiger partial charge in [-0.05, 0) is 59.0 Å². The van der Waals surface area contributed by atoms with Gasteiger partial charge in [0.2, 0.25) is 0 Å². The van der Waals surface area contributed by atoms with Crippen molar-refractivity contribution >= 4 is 10.9 Å². The van der Waals surface area contributed by atoms with Crippen LogP contribution in [0.25, 0.3) is 22.0 Å². The predicted octanol–water partition coefficient (Wildman–Crippen LogP) is 5.63. The molecule has 1 heterocycles. The van der Waals surface area contributed by atoms with Crippen LogP contribution in [-0.4, -0.2) is 4.98 Å². The van der Waals surface area contributed by atoms with Crippen LogP contribution >= 0.6 is 0 Å². The number of aromatic nitrogens is 1. The summed E-state index contributed by atoms with van der Waals surface area (Å²) in [7, 11) is 0. The molecular weight excluding hydrogens is 270 g/mol. The number of rotatable bonds is 3. The van der Waals surface area contributed by atoms with Crippen molar-refractivity contribution in [2.75, 3.05) is 0 Å². The Kier molecular flexibility index (Phi) is 3.13. The molecule has 0 unspecified atom stereocenters. The van der Waals surface area contributed by atoms with E-state index < -0.39 is 0 Å². The van der Waals surface area contributed by atoms with Crippen LogP contribution in [-0.2, 0) is 0 Å². The third-order valence-corrected chi connectivity index (χ3v) is 3.72. The molecule has 0 spiro atoms. The molecule has 0 aliphatic rings. The minimum absolute atomic E-state index is 0.845. The second-order valence-electron chi connectivity index (χ2n) is 5.22. The standard InChI is InChI=1S/C20H15NO/c1-2-4-18(5-3-1)22-19-9-6-15(7-10-19)16-8-11-20-17(14-16)12-13-21-20/h1-14,21H. The Morgan fingerprint density at radius 1 is 0.636 bits per heavy atom. The minimum Gasteiger partial charge on any atom is -0.457 e. The number of H-pyrrole nitrogens is 1. The summed E-state index contributed by atoms with van der Waals surface area (Å²) in [5.41, 5.74) is 3.55. The summed E-state index contributed by atoms with van der Waals surface area (Å²) in [6.07, 6.45) is 1.96. The lowest BCUT2D eigenvalue weighted by Gasteiger charge is -2.07. The number of para-hydroxylation sites is 1. The van der Waals surface area contributed by atoms with Gasteiger partial charge in [0.15, 0.2) is 0 Å². The zero-order valence-corrected chi connectivity index (χ0v) is 12.0. The average Bonchev–Trinajstić information content (AvgIpc) is 3.04. The summed E-state index contributed by atoms with van der Waals surface area (Å²) in [6, 6.07) is 26.5. The van der Waals surface area contributed by atoms with Gasteiger partial charge in [-0.1, -0.05) is 36.4 Å². The average molecular weight is 285 g/mol. The smallest absolute Gasteiger partial charge is 0.127 e. The second-order valence-corrected chi connectivity index (χ2v) is 5.22. The van der Waals surface area contributed by atoms with Crippen LogP contribution in [0.4, 0.5) is 0 Å². The van der Waals surface area contributed by atoms with Crippen LogP contribution in [0.1, 0.15) is 0 Å². The monoisotopic (exact) mass is 285 g/mol. The zero-order chi connectivity index (χ0) is 14.8. The van der Waals surface area contributed by atoms with Crippen LogP contribution in [0.15, 0.2) is 85.1 Å². The van der Waals surface area contributed by atoms with E-state index >= 15 is 0 Å². The molecule has 106 valence electrons. The highest BCUT2D eigenvalue weighted by atomic mass is 16.5. The van der Waals surface area contributed by atoms with Crippen molar-refractivity contribution < 1.29 is 4.74 Å². The Morgan fingerprint density at radius 3 is 2.18 bits per heavy atom. The molecule has 22 heavy (non-hydrogen) atoms. The summed E-state index contributed by atoms with van der Waals surface area (Å²) >= 11 is 0. The number of hydrogen-bond acceptors (Lipinski definition) is 1. The second kappa shape index (κ2) is 5.41. The van der Waals surface area contributed by atoms with E-state index in [4.69, 9.17) is 4.74 Å². The highest BCUT2D eigenvalue weighted by Crippen LogP contribution is 2.27. The lowest BCUT2D eigenvalue weighted by molar-refractivity contribution is 0.483. The van der Waals surface area contributed by atoms with Gasteiger partial charge in [-0.15, -0.1) is 0 Å². The maximum Gasteiger partial charge on any atom is 0.127 e. The Balaban J connectivity index is 1.61. The lowest BCUT2D eigenvalue weighted by atomic mass is 10.0. The number of ether oxygens (including phenoxy) is 1. The Hall–Kier alpha value is -3.00. The van der Waals surface area contributed by atoms with Crippen molar-refractivity contribution in [3.8, 4) is 22.6 Å². The van der Waals surface area contributed by atoms with Gasteiger partial charge in [-0.2, -0.15) is 0 Å². The van der Waals surface area contributed by atoms with Gasteiger partial charge in [0.1, 0.15) is 11.5 Å². The van der Waals surface area contributed by atoms with Gasteiger partial charge in [-0.3, -0.25) is 0 Å². The summed E-state index contributed by atoms with van der Waals surface area (Å²) in [6.45, 7) is 0. The van der Waals surface area contributed by atoms with Gasteiger partial charge in [0.25, 0.3) is 0 Å². The summed E-state index contributed by atoms with van der Waals surface area (Å²) in [5, 5.41) is 1.22. The molecule has 0 amide bonds. The lowest BCUT2D eigenvalue weighted by Crippen LogP contribution is -1.84. The molecule has 0 aliphatic carbocycles. The summed E-state index contributed by atoms with van der Waals surface area (Å²) < 4.78 is 5.82. The molecule has 4 aromatic rings. The largest absolute Gasteiger partial charge is 0.457 e. The third-order valence-electron chi connectivity index (χ3n) is 3.72. The maximum absolute atomic E-state index is 5.82. The van der Waals surface area contributed by atoms with E-state index in [2.05, 4.69) is 41.4 Å². The zero-order valence-electron chi connectivity index (χ0n) is 12.0. The molecule has 3 aromatic carbocycles. The molecule has 1 N–H and O–H groups in total. The first kappa shape index (κ1) is 12.7. The van der Waals surface area contributed by atoms with Crippen molar-refractivity contribution in [3.05, 3.63) is 85.1 Å². The molecule has 0 bridgehead atoms. The van der Waals surface area contributed by atoms with E-state index in [1.807, 2.05) is 48.7 Å². The molecular formula is C20H15NO. The van der Waals surface area contributed by atoms with Gasteiger partial charge >= 0.3 is 0 Å². The molecule has 2 nitrogen and oxygen atoms in total. The SMILES string of the molecule is c1ccc(Oc2ccc(-c3ccc4[nH]ccc4c3)cc2)cc1. The summed E-state index contributed by atoms with van der Waals surface area (Å²) in [5.74, 6) is 1.70. The molecule has 0 fully saturated rings. The van der Waals surface area contributed by atoms with E-state index in [1.54, 1.807) is 0 Å². The van der Waals surface area contributed by atoms with Crippen LogP contribution in [0.3, 0.4) is 0 Å². The Labute approximate surface area is 129 Å². The first-order chi connectivity index (χ1) is 10.9. The number of aromatic amines is 1. The molecule has 0 aliphatic heterocycles. The maximum atomic E-state index is 5.82. The van der Waals surface area contributed by atoms with Crippen molar-refractivity contribution in [2.24, 2.45) is 0 Å². The number of fused-ring (bicyclic) bond motifs is 1. The Morgan fingerprint density at radius 2 is 1.36 bits per heavy atom. The highest BCUT2D eigenvalue weighted by molar-refractivity contribution is 5.85. The molecule has 0 atom stereocenters. The van der Waals surface area contributed by atoms with Crippen molar-refractivity contribution in [2.45, 2.75) is 0 Å². The van der Waals surface area contributed by atoms with Crippen LogP contribution < -0.4 is 4.74 Å². The quantitative estimate of drug-likeness (QED) is 0.518. The van der Waals surface area contributed by atoms with Gasteiger partial charge in [-0.25, -0.2) is 0 Å². The molecule has 0 saturated carbocycles. The number of nitrogens with one attached hydrogen (secondary N) is 1. The van der Waals surface area contributed by atoms with Gasteiger partial charge in [0.05, 0.1) is 0 Å². The topological polar surface area (TPSA) is 25.0 Å². The van der Waals surface area contributed by atoms with Gasteiger partial charge in [0, 0.05) is 11.7 Å². The van der Waals surface area contributed by atoms with Crippen molar-refractivity contribution in [1.29, 1.82) is 0 Å². The van der Waals surface area contributed by atoms with Crippen molar-refractivity contribution in [3.63, 3.8) is 0 Å². The van der Waals surface area contributed by atoms with Crippen LogP contribution in [0, 0.1) is 0 Å². The highest BCUT2D eigenvalue weighted by Gasteiger charge is 2.02. The Bertz CT molecular complexity index is 892. The normalized spacial score (nSPS) is 10.7. The molecule has 1 aromatic heterocycles. The van der Waals surface area contributed by atoms with E-state index in [-0.39, 0.29) is 0 Å². The third kappa shape index (κ3) is 2.47. The first-order valence-corrected chi connectivity index (χ1v) is 7.29. The van der Waals surface area contributed by atoms with Gasteiger partial charge < -0.3 is 9.72 Å². The fraction of sp³-hybridized carbons (Fsp3) is 0. The number of benzene rings is 3. The summed E-state index contributed by atoms with van der Waals surface area (Å²) in [4.78, 5) is 3.21. The van der Waals surface area contributed by atoms with E-state index in [1.165, 1.54) is 16.5 Å². The van der Waals surface area contributed by atoms with Crippen LogP contribution in [0.2, 0.25) is 0 Å². The van der Waals surface area contributed by atoms with E-state index in [9.17, 15) is 0 Å². The minimum atomic E-state index is 0.845. The molecule has 4 rings (SSSR count). The molecule has 2 heteroatoms. The molecule has 0 saturated heterocycles. The van der Waals surface area contributed by atoms with E-state index in [0.29, 0.717) is 0 Å². The van der Waals surface area contributed by atoms with Crippen molar-refractivity contribution in [1.82, 2.24) is 4.98 Å². The van der Waals surface area contributed by atoms with E-state index in [0.717, 1.165) is 17.0 Å².